The Bertz CT molecular complexity index is 1090. The number of aromatic amines is 1. The lowest BCUT2D eigenvalue weighted by Crippen LogP contribution is -2.11. The summed E-state index contributed by atoms with van der Waals surface area (Å²) >= 11 is 0. The summed E-state index contributed by atoms with van der Waals surface area (Å²) < 4.78 is 7.27. The Balaban J connectivity index is 2.08. The van der Waals surface area contributed by atoms with E-state index >= 15 is 0 Å². The average Bonchev–Trinajstić information content (AvgIpc) is 3.16. The van der Waals surface area contributed by atoms with Crippen molar-refractivity contribution >= 4 is 10.8 Å². The molecule has 4 nitrogen and oxygen atoms in total. The average molecular weight is 330 g/mol. The maximum Gasteiger partial charge on any atom is 0.256 e. The number of hydrogen-bond donors (Lipinski definition) is 1. The van der Waals surface area contributed by atoms with Gasteiger partial charge >= 0.3 is 0 Å². The van der Waals surface area contributed by atoms with Crippen molar-refractivity contribution in [2.75, 3.05) is 7.11 Å². The molecule has 0 saturated heterocycles. The Morgan fingerprint density at radius 1 is 0.960 bits per heavy atom. The molecule has 0 radical (unpaired) electrons. The van der Waals surface area contributed by atoms with Crippen LogP contribution in [0.2, 0.25) is 0 Å². The quantitative estimate of drug-likeness (QED) is 0.609. The van der Waals surface area contributed by atoms with Crippen molar-refractivity contribution in [1.82, 2.24) is 9.55 Å². The fraction of sp³-hybridized carbons (Fsp3) is 0.0952. The topological polar surface area (TPSA) is 47.0 Å². The van der Waals surface area contributed by atoms with Crippen LogP contribution in [0.4, 0.5) is 0 Å². The largest absolute Gasteiger partial charge is 0.497 e. The molecule has 0 spiro atoms. The number of H-pyrrole nitrogens is 1. The molecule has 0 atom stereocenters. The zero-order chi connectivity index (χ0) is 17.4. The van der Waals surface area contributed by atoms with E-state index in [1.54, 1.807) is 7.11 Å². The third kappa shape index (κ3) is 2.62. The standard InChI is InChI=1S/C21H18N2O2/c1-14-5-10-17-18(13-14)21(24)22-19(20(17)23-11-3-4-12-23)15-6-8-16(25-2)9-7-15/h3-13H,1-2H3,(H,22,24). The summed E-state index contributed by atoms with van der Waals surface area (Å²) in [7, 11) is 1.64. The highest BCUT2D eigenvalue weighted by Crippen LogP contribution is 2.31. The molecule has 4 aromatic rings. The van der Waals surface area contributed by atoms with E-state index in [9.17, 15) is 4.79 Å². The maximum atomic E-state index is 12.7. The van der Waals surface area contributed by atoms with Crippen LogP contribution in [0.3, 0.4) is 0 Å². The zero-order valence-corrected chi connectivity index (χ0v) is 14.1. The first-order chi connectivity index (χ1) is 12.2. The van der Waals surface area contributed by atoms with Crippen molar-refractivity contribution in [1.29, 1.82) is 0 Å². The normalized spacial score (nSPS) is 11.0. The molecule has 0 aliphatic heterocycles. The number of benzene rings is 2. The molecule has 2 aromatic heterocycles. The molecule has 0 fully saturated rings. The fourth-order valence-electron chi connectivity index (χ4n) is 3.15. The highest BCUT2D eigenvalue weighted by Gasteiger charge is 2.14. The molecule has 0 unspecified atom stereocenters. The van der Waals surface area contributed by atoms with Crippen LogP contribution in [-0.2, 0) is 0 Å². The fourth-order valence-corrected chi connectivity index (χ4v) is 3.15. The second-order valence-electron chi connectivity index (χ2n) is 6.05. The molecule has 0 aliphatic carbocycles. The van der Waals surface area contributed by atoms with E-state index in [2.05, 4.69) is 4.98 Å². The number of aryl methyl sites for hydroxylation is 1. The minimum absolute atomic E-state index is 0.0829. The number of hydrogen-bond acceptors (Lipinski definition) is 2. The van der Waals surface area contributed by atoms with Gasteiger partial charge in [0.15, 0.2) is 0 Å². The second-order valence-corrected chi connectivity index (χ2v) is 6.05. The van der Waals surface area contributed by atoms with Crippen molar-refractivity contribution in [3.63, 3.8) is 0 Å². The molecule has 0 bridgehead atoms. The van der Waals surface area contributed by atoms with Gasteiger partial charge in [-0.2, -0.15) is 0 Å². The first-order valence-corrected chi connectivity index (χ1v) is 8.12. The van der Waals surface area contributed by atoms with E-state index in [-0.39, 0.29) is 5.56 Å². The molecule has 0 aliphatic rings. The van der Waals surface area contributed by atoms with Gasteiger partial charge in [-0.1, -0.05) is 17.7 Å². The number of aromatic nitrogens is 2. The van der Waals surface area contributed by atoms with E-state index in [0.717, 1.165) is 33.6 Å². The third-order valence-corrected chi connectivity index (χ3v) is 4.39. The number of rotatable bonds is 3. The first-order valence-electron chi connectivity index (χ1n) is 8.12. The Kier molecular flexibility index (Phi) is 3.65. The van der Waals surface area contributed by atoms with Crippen LogP contribution in [0.15, 0.2) is 71.8 Å². The van der Waals surface area contributed by atoms with E-state index in [4.69, 9.17) is 4.74 Å². The Morgan fingerprint density at radius 3 is 2.36 bits per heavy atom. The molecule has 2 heterocycles. The van der Waals surface area contributed by atoms with E-state index in [0.29, 0.717) is 5.39 Å². The molecule has 2 aromatic carbocycles. The van der Waals surface area contributed by atoms with Crippen molar-refractivity contribution in [2.45, 2.75) is 6.92 Å². The molecular formula is C21H18N2O2. The summed E-state index contributed by atoms with van der Waals surface area (Å²) in [6.07, 6.45) is 3.97. The summed E-state index contributed by atoms with van der Waals surface area (Å²) in [5.41, 5.74) is 3.67. The minimum atomic E-state index is -0.0829. The van der Waals surface area contributed by atoms with Crippen LogP contribution in [0.5, 0.6) is 5.75 Å². The van der Waals surface area contributed by atoms with Crippen LogP contribution in [0, 0.1) is 6.92 Å². The van der Waals surface area contributed by atoms with Gasteiger partial charge in [-0.25, -0.2) is 0 Å². The van der Waals surface area contributed by atoms with Crippen LogP contribution in [0.1, 0.15) is 5.56 Å². The lowest BCUT2D eigenvalue weighted by Gasteiger charge is -2.15. The second kappa shape index (κ2) is 5.98. The van der Waals surface area contributed by atoms with Crippen LogP contribution in [0.25, 0.3) is 27.7 Å². The maximum absolute atomic E-state index is 12.7. The summed E-state index contributed by atoms with van der Waals surface area (Å²) in [6, 6.07) is 17.6. The van der Waals surface area contributed by atoms with Gasteiger partial charge in [0, 0.05) is 28.7 Å². The van der Waals surface area contributed by atoms with Gasteiger partial charge in [-0.05, 0) is 49.4 Å². The van der Waals surface area contributed by atoms with Crippen molar-refractivity contribution < 1.29 is 4.74 Å². The summed E-state index contributed by atoms with van der Waals surface area (Å²) in [4.78, 5) is 15.8. The zero-order valence-electron chi connectivity index (χ0n) is 14.1. The Morgan fingerprint density at radius 2 is 1.68 bits per heavy atom. The molecule has 124 valence electrons. The monoisotopic (exact) mass is 330 g/mol. The van der Waals surface area contributed by atoms with Gasteiger partial charge in [0.05, 0.1) is 18.5 Å². The highest BCUT2D eigenvalue weighted by atomic mass is 16.5. The lowest BCUT2D eigenvalue weighted by atomic mass is 10.0. The predicted octanol–water partition coefficient (Wildman–Crippen LogP) is 4.30. The van der Waals surface area contributed by atoms with Gasteiger partial charge in [-0.15, -0.1) is 0 Å². The summed E-state index contributed by atoms with van der Waals surface area (Å²) in [5, 5.41) is 1.62. The Labute approximate surface area is 145 Å². The molecule has 4 rings (SSSR count). The number of fused-ring (bicyclic) bond motifs is 1. The Hall–Kier alpha value is -3.27. The van der Waals surface area contributed by atoms with E-state index in [1.807, 2.05) is 78.5 Å². The third-order valence-electron chi connectivity index (χ3n) is 4.39. The van der Waals surface area contributed by atoms with Crippen molar-refractivity contribution in [3.05, 3.63) is 82.9 Å². The van der Waals surface area contributed by atoms with E-state index in [1.165, 1.54) is 0 Å². The summed E-state index contributed by atoms with van der Waals surface area (Å²) in [6.45, 7) is 1.99. The van der Waals surface area contributed by atoms with Gasteiger partial charge < -0.3 is 14.3 Å². The molecular weight excluding hydrogens is 312 g/mol. The van der Waals surface area contributed by atoms with Crippen LogP contribution >= 0.6 is 0 Å². The van der Waals surface area contributed by atoms with Crippen LogP contribution in [-0.4, -0.2) is 16.7 Å². The predicted molar refractivity (Wildman–Crippen MR) is 101 cm³/mol. The van der Waals surface area contributed by atoms with Crippen molar-refractivity contribution in [3.8, 4) is 22.7 Å². The van der Waals surface area contributed by atoms with E-state index < -0.39 is 0 Å². The van der Waals surface area contributed by atoms with Gasteiger partial charge in [0.1, 0.15) is 5.75 Å². The SMILES string of the molecule is COc1ccc(-c2[nH]c(=O)c3cc(C)ccc3c2-n2cccc2)cc1. The summed E-state index contributed by atoms with van der Waals surface area (Å²) in [5.74, 6) is 0.782. The number of nitrogens with one attached hydrogen (secondary N) is 1. The van der Waals surface area contributed by atoms with Gasteiger partial charge in [0.25, 0.3) is 5.56 Å². The number of pyridine rings is 1. The van der Waals surface area contributed by atoms with Gasteiger partial charge in [-0.3, -0.25) is 4.79 Å². The van der Waals surface area contributed by atoms with Crippen molar-refractivity contribution in [2.24, 2.45) is 0 Å². The van der Waals surface area contributed by atoms with Crippen LogP contribution < -0.4 is 10.3 Å². The smallest absolute Gasteiger partial charge is 0.256 e. The highest BCUT2D eigenvalue weighted by molar-refractivity contribution is 5.95. The minimum Gasteiger partial charge on any atom is -0.497 e. The molecule has 0 saturated carbocycles. The molecule has 1 N–H and O–H groups in total. The lowest BCUT2D eigenvalue weighted by molar-refractivity contribution is 0.415. The molecule has 25 heavy (non-hydrogen) atoms. The molecule has 4 heteroatoms. The molecule has 0 amide bonds. The number of methoxy groups -OCH3 is 1. The van der Waals surface area contributed by atoms with Gasteiger partial charge in [0.2, 0.25) is 0 Å². The number of ether oxygens (including phenoxy) is 1. The first kappa shape index (κ1) is 15.3. The number of nitrogens with zero attached hydrogens (tertiary/aromatic N) is 1.